The summed E-state index contributed by atoms with van der Waals surface area (Å²) < 4.78 is 4.77. The van der Waals surface area contributed by atoms with Gasteiger partial charge in [0, 0.05) is 6.20 Å². The van der Waals surface area contributed by atoms with Gasteiger partial charge >= 0.3 is 5.97 Å². The maximum absolute atomic E-state index is 11.7. The van der Waals surface area contributed by atoms with E-state index in [4.69, 9.17) is 4.74 Å². The Morgan fingerprint density at radius 2 is 2.10 bits per heavy atom. The highest BCUT2D eigenvalue weighted by Crippen LogP contribution is 2.23. The van der Waals surface area contributed by atoms with Crippen LogP contribution in [-0.2, 0) is 4.74 Å². The number of H-pyrrole nitrogens is 1. The molecule has 0 fully saturated rings. The van der Waals surface area contributed by atoms with Gasteiger partial charge in [-0.25, -0.2) is 9.78 Å². The predicted molar refractivity (Wildman–Crippen MR) is 75.4 cm³/mol. The van der Waals surface area contributed by atoms with Crippen LogP contribution in [0.1, 0.15) is 15.9 Å². The summed E-state index contributed by atoms with van der Waals surface area (Å²) in [4.78, 5) is 23.8. The van der Waals surface area contributed by atoms with Gasteiger partial charge in [-0.15, -0.1) is 0 Å². The smallest absolute Gasteiger partial charge is 0.340 e. The van der Waals surface area contributed by atoms with Crippen molar-refractivity contribution < 1.29 is 9.53 Å². The number of carbonyl (C=O) groups is 1. The fourth-order valence-electron chi connectivity index (χ4n) is 2.15. The van der Waals surface area contributed by atoms with Crippen molar-refractivity contribution in [1.82, 2.24) is 15.0 Å². The number of methoxy groups -OCH3 is 1. The van der Waals surface area contributed by atoms with Gasteiger partial charge in [0.2, 0.25) is 0 Å². The van der Waals surface area contributed by atoms with Gasteiger partial charge in [0.25, 0.3) is 0 Å². The van der Waals surface area contributed by atoms with Crippen LogP contribution in [0, 0.1) is 6.92 Å². The molecular weight excluding hydrogens is 254 g/mol. The predicted octanol–water partition coefficient (Wildman–Crippen LogP) is 2.72. The van der Waals surface area contributed by atoms with E-state index in [-0.39, 0.29) is 0 Å². The Kier molecular flexibility index (Phi) is 2.95. The second-order valence-electron chi connectivity index (χ2n) is 4.45. The lowest BCUT2D eigenvalue weighted by molar-refractivity contribution is 0.0603. The van der Waals surface area contributed by atoms with Gasteiger partial charge in [-0.1, -0.05) is 12.1 Å². The molecule has 0 aliphatic carbocycles. The van der Waals surface area contributed by atoms with Crippen molar-refractivity contribution in [2.45, 2.75) is 6.92 Å². The maximum atomic E-state index is 11.7. The quantitative estimate of drug-likeness (QED) is 0.725. The monoisotopic (exact) mass is 267 g/mol. The molecule has 100 valence electrons. The van der Waals surface area contributed by atoms with E-state index in [1.165, 1.54) is 7.11 Å². The molecule has 0 spiro atoms. The fourth-order valence-corrected chi connectivity index (χ4v) is 2.15. The lowest BCUT2D eigenvalue weighted by Gasteiger charge is -1.99. The van der Waals surface area contributed by atoms with E-state index >= 15 is 0 Å². The summed E-state index contributed by atoms with van der Waals surface area (Å²) in [7, 11) is 1.36. The fraction of sp³-hybridized carbons (Fsp3) is 0.133. The van der Waals surface area contributed by atoms with E-state index in [1.54, 1.807) is 18.3 Å². The topological polar surface area (TPSA) is 67.9 Å². The number of nitrogens with zero attached hydrogens (tertiary/aromatic N) is 2. The zero-order valence-corrected chi connectivity index (χ0v) is 11.2. The number of pyridine rings is 1. The molecule has 3 aromatic rings. The molecule has 0 aliphatic rings. The average Bonchev–Trinajstić information content (AvgIpc) is 2.90. The van der Waals surface area contributed by atoms with E-state index in [9.17, 15) is 4.79 Å². The summed E-state index contributed by atoms with van der Waals surface area (Å²) >= 11 is 0. The van der Waals surface area contributed by atoms with E-state index in [1.807, 2.05) is 25.1 Å². The van der Waals surface area contributed by atoms with E-state index in [2.05, 4.69) is 15.0 Å². The molecule has 5 nitrogen and oxygen atoms in total. The van der Waals surface area contributed by atoms with Crippen molar-refractivity contribution in [2.24, 2.45) is 0 Å². The third-order valence-corrected chi connectivity index (χ3v) is 3.15. The first kappa shape index (κ1) is 12.3. The van der Waals surface area contributed by atoms with E-state index < -0.39 is 5.97 Å². The summed E-state index contributed by atoms with van der Waals surface area (Å²) in [5, 5.41) is 0. The van der Waals surface area contributed by atoms with Crippen LogP contribution in [0.5, 0.6) is 0 Å². The van der Waals surface area contributed by atoms with Gasteiger partial charge in [-0.2, -0.15) is 0 Å². The first-order valence-electron chi connectivity index (χ1n) is 6.19. The molecule has 0 aliphatic heterocycles. The molecule has 0 amide bonds. The lowest BCUT2D eigenvalue weighted by atomic mass is 10.2. The van der Waals surface area contributed by atoms with Crippen molar-refractivity contribution in [3.8, 4) is 11.5 Å². The van der Waals surface area contributed by atoms with E-state index in [0.717, 1.165) is 16.8 Å². The number of benzene rings is 1. The maximum Gasteiger partial charge on any atom is 0.340 e. The third kappa shape index (κ3) is 1.93. The summed E-state index contributed by atoms with van der Waals surface area (Å²) in [5.41, 5.74) is 3.62. The van der Waals surface area contributed by atoms with Gasteiger partial charge in [0.15, 0.2) is 5.82 Å². The standard InChI is InChI=1S/C15H13N3O2/c1-9-5-4-8-16-12(9)14-17-11-7-3-6-10(13(11)18-14)15(19)20-2/h3-8H,1-2H3,(H,17,18). The number of fused-ring (bicyclic) bond motifs is 1. The number of aryl methyl sites for hydroxylation is 1. The van der Waals surface area contributed by atoms with Crippen molar-refractivity contribution in [3.63, 3.8) is 0 Å². The van der Waals surface area contributed by atoms with Crippen LogP contribution in [-0.4, -0.2) is 28.0 Å². The van der Waals surface area contributed by atoms with Crippen LogP contribution in [0.4, 0.5) is 0 Å². The van der Waals surface area contributed by atoms with Crippen molar-refractivity contribution in [2.75, 3.05) is 7.11 Å². The molecule has 0 atom stereocenters. The van der Waals surface area contributed by atoms with E-state index in [0.29, 0.717) is 16.9 Å². The molecule has 5 heteroatoms. The number of rotatable bonds is 2. The Bertz CT molecular complexity index is 793. The highest BCUT2D eigenvalue weighted by molar-refractivity contribution is 6.02. The SMILES string of the molecule is COC(=O)c1cccc2[nH]c(-c3ncccc3C)nc12. The number of nitrogens with one attached hydrogen (secondary N) is 1. The number of hydrogen-bond acceptors (Lipinski definition) is 4. The molecule has 1 aromatic carbocycles. The minimum atomic E-state index is -0.397. The van der Waals surface area contributed by atoms with Gasteiger partial charge < -0.3 is 9.72 Å². The van der Waals surface area contributed by atoms with Crippen LogP contribution in [0.15, 0.2) is 36.5 Å². The van der Waals surface area contributed by atoms with Crippen LogP contribution in [0.3, 0.4) is 0 Å². The van der Waals surface area contributed by atoms with Crippen LogP contribution in [0.2, 0.25) is 0 Å². The minimum Gasteiger partial charge on any atom is -0.465 e. The van der Waals surface area contributed by atoms with Gasteiger partial charge in [-0.3, -0.25) is 4.98 Å². The van der Waals surface area contributed by atoms with Crippen LogP contribution >= 0.6 is 0 Å². The third-order valence-electron chi connectivity index (χ3n) is 3.15. The number of para-hydroxylation sites is 1. The molecule has 0 saturated heterocycles. The zero-order valence-electron chi connectivity index (χ0n) is 11.2. The molecule has 3 rings (SSSR count). The van der Waals surface area contributed by atoms with Crippen molar-refractivity contribution in [3.05, 3.63) is 47.7 Å². The minimum absolute atomic E-state index is 0.397. The molecule has 0 bridgehead atoms. The molecule has 0 unspecified atom stereocenters. The molecule has 20 heavy (non-hydrogen) atoms. The number of ether oxygens (including phenoxy) is 1. The van der Waals surface area contributed by atoms with Crippen LogP contribution < -0.4 is 0 Å². The summed E-state index contributed by atoms with van der Waals surface area (Å²) in [6.07, 6.45) is 1.72. The first-order valence-corrected chi connectivity index (χ1v) is 6.19. The molecule has 2 aromatic heterocycles. The van der Waals surface area contributed by atoms with Crippen LogP contribution in [0.25, 0.3) is 22.6 Å². The molecular formula is C15H13N3O2. The summed E-state index contributed by atoms with van der Waals surface area (Å²) in [6, 6.07) is 9.21. The highest BCUT2D eigenvalue weighted by Gasteiger charge is 2.15. The second-order valence-corrected chi connectivity index (χ2v) is 4.45. The Morgan fingerprint density at radius 3 is 2.85 bits per heavy atom. The Labute approximate surface area is 115 Å². The van der Waals surface area contributed by atoms with Crippen molar-refractivity contribution in [1.29, 1.82) is 0 Å². The number of carbonyl (C=O) groups excluding carboxylic acids is 1. The van der Waals surface area contributed by atoms with Gasteiger partial charge in [-0.05, 0) is 30.7 Å². The van der Waals surface area contributed by atoms with Gasteiger partial charge in [0.1, 0.15) is 11.2 Å². The van der Waals surface area contributed by atoms with Gasteiger partial charge in [0.05, 0.1) is 18.2 Å². The Hall–Kier alpha value is -2.69. The number of imidazole rings is 1. The number of esters is 1. The lowest BCUT2D eigenvalue weighted by Crippen LogP contribution is -2.01. The summed E-state index contributed by atoms with van der Waals surface area (Å²) in [6.45, 7) is 1.97. The second kappa shape index (κ2) is 4.77. The zero-order chi connectivity index (χ0) is 14.1. The normalized spacial score (nSPS) is 10.7. The highest BCUT2D eigenvalue weighted by atomic mass is 16.5. The van der Waals surface area contributed by atoms with Crippen molar-refractivity contribution >= 4 is 17.0 Å². The number of aromatic amines is 1. The molecule has 0 radical (unpaired) electrons. The Balaban J connectivity index is 2.21. The molecule has 0 saturated carbocycles. The first-order chi connectivity index (χ1) is 9.70. The summed E-state index contributed by atoms with van der Waals surface area (Å²) in [5.74, 6) is 0.251. The Morgan fingerprint density at radius 1 is 1.25 bits per heavy atom. The average molecular weight is 267 g/mol. The molecule has 1 N–H and O–H groups in total. The molecule has 2 heterocycles. The number of aromatic nitrogens is 3. The largest absolute Gasteiger partial charge is 0.465 e. The number of hydrogen-bond donors (Lipinski definition) is 1.